The zero-order chi connectivity index (χ0) is 30.9. The van der Waals surface area contributed by atoms with E-state index in [2.05, 4.69) is 4.74 Å². The number of nitrogens with zero attached hydrogens (tertiary/aromatic N) is 1. The number of anilines is 1. The lowest BCUT2D eigenvalue weighted by Crippen LogP contribution is -2.43. The molecule has 1 heterocycles. The molecular formula is C28H22ClF6NO5S. The SMILES string of the molecule is COC(=O)CCC1CN(S(=O)(=O)c2cccc(C(F)(F)F)c2)c2cc(/C=C/c3c(Cl)cccc3C(F)(F)F)ccc2O1. The second-order valence-electron chi connectivity index (χ2n) is 9.18. The molecule has 14 heteroatoms. The van der Waals surface area contributed by atoms with E-state index in [9.17, 15) is 39.6 Å². The van der Waals surface area contributed by atoms with Crippen molar-refractivity contribution in [3.8, 4) is 5.75 Å². The maximum absolute atomic E-state index is 13.7. The fraction of sp³-hybridized carbons (Fsp3) is 0.250. The number of halogens is 7. The zero-order valence-electron chi connectivity index (χ0n) is 21.7. The van der Waals surface area contributed by atoms with Crippen molar-refractivity contribution in [1.29, 1.82) is 0 Å². The van der Waals surface area contributed by atoms with Gasteiger partial charge in [0.2, 0.25) is 0 Å². The maximum Gasteiger partial charge on any atom is 0.417 e. The van der Waals surface area contributed by atoms with Gasteiger partial charge in [-0.1, -0.05) is 42.0 Å². The summed E-state index contributed by atoms with van der Waals surface area (Å²) in [6, 6.07) is 10.7. The van der Waals surface area contributed by atoms with Crippen LogP contribution in [0.25, 0.3) is 12.2 Å². The van der Waals surface area contributed by atoms with Crippen molar-refractivity contribution < 1.29 is 49.0 Å². The van der Waals surface area contributed by atoms with Crippen LogP contribution in [0.3, 0.4) is 0 Å². The molecule has 0 N–H and O–H groups in total. The Bertz CT molecular complexity index is 1620. The fourth-order valence-electron chi connectivity index (χ4n) is 4.28. The van der Waals surface area contributed by atoms with E-state index >= 15 is 0 Å². The monoisotopic (exact) mass is 633 g/mol. The predicted octanol–water partition coefficient (Wildman–Crippen LogP) is 7.46. The highest BCUT2D eigenvalue weighted by Gasteiger charge is 2.37. The highest BCUT2D eigenvalue weighted by Crippen LogP contribution is 2.41. The minimum atomic E-state index is -4.80. The van der Waals surface area contributed by atoms with Crippen LogP contribution in [0.2, 0.25) is 5.02 Å². The molecule has 1 aliphatic rings. The molecule has 0 saturated heterocycles. The Labute approximate surface area is 242 Å². The first-order chi connectivity index (χ1) is 19.6. The summed E-state index contributed by atoms with van der Waals surface area (Å²) in [5, 5.41) is -0.162. The minimum absolute atomic E-state index is 0.0368. The van der Waals surface area contributed by atoms with Crippen LogP contribution in [0.5, 0.6) is 5.75 Å². The average Bonchev–Trinajstić information content (AvgIpc) is 2.93. The van der Waals surface area contributed by atoms with Crippen molar-refractivity contribution in [2.75, 3.05) is 18.0 Å². The number of rotatable bonds is 7. The third-order valence-electron chi connectivity index (χ3n) is 6.36. The van der Waals surface area contributed by atoms with Crippen LogP contribution in [0, 0.1) is 0 Å². The number of ether oxygens (including phenoxy) is 2. The topological polar surface area (TPSA) is 72.9 Å². The van der Waals surface area contributed by atoms with E-state index in [-0.39, 0.29) is 47.0 Å². The highest BCUT2D eigenvalue weighted by molar-refractivity contribution is 7.92. The molecule has 42 heavy (non-hydrogen) atoms. The highest BCUT2D eigenvalue weighted by atomic mass is 35.5. The number of methoxy groups -OCH3 is 1. The Morgan fingerprint density at radius 3 is 2.40 bits per heavy atom. The zero-order valence-corrected chi connectivity index (χ0v) is 23.2. The van der Waals surface area contributed by atoms with E-state index in [0.29, 0.717) is 6.07 Å². The third-order valence-corrected chi connectivity index (χ3v) is 8.47. The van der Waals surface area contributed by atoms with Gasteiger partial charge in [0.15, 0.2) is 0 Å². The largest absolute Gasteiger partial charge is 0.486 e. The van der Waals surface area contributed by atoms with E-state index in [1.165, 1.54) is 37.5 Å². The Morgan fingerprint density at radius 2 is 1.74 bits per heavy atom. The van der Waals surface area contributed by atoms with Gasteiger partial charge in [-0.3, -0.25) is 9.10 Å². The van der Waals surface area contributed by atoms with Gasteiger partial charge in [0.1, 0.15) is 11.9 Å². The molecule has 1 aliphatic heterocycles. The lowest BCUT2D eigenvalue weighted by molar-refractivity contribution is -0.141. The summed E-state index contributed by atoms with van der Waals surface area (Å²) in [5.74, 6) is -0.535. The quantitative estimate of drug-likeness (QED) is 0.153. The summed E-state index contributed by atoms with van der Waals surface area (Å²) in [4.78, 5) is 11.0. The summed E-state index contributed by atoms with van der Waals surface area (Å²) >= 11 is 6.02. The van der Waals surface area contributed by atoms with E-state index in [4.69, 9.17) is 16.3 Å². The molecule has 6 nitrogen and oxygen atoms in total. The van der Waals surface area contributed by atoms with Crippen LogP contribution in [-0.2, 0) is 31.9 Å². The molecule has 0 spiro atoms. The van der Waals surface area contributed by atoms with Crippen molar-refractivity contribution in [3.63, 3.8) is 0 Å². The van der Waals surface area contributed by atoms with Gasteiger partial charge in [-0.25, -0.2) is 8.42 Å². The Morgan fingerprint density at radius 1 is 1.02 bits per heavy atom. The average molecular weight is 634 g/mol. The number of hydrogen-bond acceptors (Lipinski definition) is 5. The van der Waals surface area contributed by atoms with Crippen LogP contribution in [0.15, 0.2) is 65.6 Å². The first kappa shape index (κ1) is 31.2. The smallest absolute Gasteiger partial charge is 0.417 e. The van der Waals surface area contributed by atoms with Crippen LogP contribution in [0.4, 0.5) is 32.0 Å². The second kappa shape index (κ2) is 11.9. The number of esters is 1. The molecular weight excluding hydrogens is 612 g/mol. The molecule has 0 bridgehead atoms. The molecule has 4 rings (SSSR count). The molecule has 0 aromatic heterocycles. The van der Waals surface area contributed by atoms with Crippen molar-refractivity contribution in [2.24, 2.45) is 0 Å². The maximum atomic E-state index is 13.7. The first-order valence-corrected chi connectivity index (χ1v) is 14.0. The molecule has 0 radical (unpaired) electrons. The third kappa shape index (κ3) is 6.84. The molecule has 0 saturated carbocycles. The summed E-state index contributed by atoms with van der Waals surface area (Å²) in [7, 11) is -3.43. The molecule has 3 aromatic rings. The van der Waals surface area contributed by atoms with Gasteiger partial charge in [-0.05, 0) is 54.4 Å². The molecule has 0 fully saturated rings. The number of sulfonamides is 1. The van der Waals surface area contributed by atoms with E-state index in [1.54, 1.807) is 0 Å². The number of benzene rings is 3. The van der Waals surface area contributed by atoms with Gasteiger partial charge >= 0.3 is 18.3 Å². The van der Waals surface area contributed by atoms with E-state index in [0.717, 1.165) is 40.7 Å². The van der Waals surface area contributed by atoms with Crippen molar-refractivity contribution in [3.05, 3.63) is 87.9 Å². The summed E-state index contributed by atoms with van der Waals surface area (Å²) in [6.07, 6.45) is -8.02. The number of hydrogen-bond donors (Lipinski definition) is 0. The lowest BCUT2D eigenvalue weighted by atomic mass is 10.0. The van der Waals surface area contributed by atoms with Crippen molar-refractivity contribution in [1.82, 2.24) is 0 Å². The molecule has 1 atom stereocenters. The first-order valence-electron chi connectivity index (χ1n) is 12.2. The normalized spacial score (nSPS) is 15.8. The van der Waals surface area contributed by atoms with Gasteiger partial charge < -0.3 is 9.47 Å². The van der Waals surface area contributed by atoms with Crippen molar-refractivity contribution in [2.45, 2.75) is 36.2 Å². The van der Waals surface area contributed by atoms with Gasteiger partial charge in [-0.2, -0.15) is 26.3 Å². The molecule has 0 aliphatic carbocycles. The van der Waals surface area contributed by atoms with Gasteiger partial charge in [-0.15, -0.1) is 0 Å². The second-order valence-corrected chi connectivity index (χ2v) is 11.4. The van der Waals surface area contributed by atoms with Crippen LogP contribution >= 0.6 is 11.6 Å². The van der Waals surface area contributed by atoms with E-state index < -0.39 is 50.5 Å². The molecule has 3 aromatic carbocycles. The number of carbonyl (C=O) groups is 1. The van der Waals surface area contributed by atoms with Gasteiger partial charge in [0.05, 0.1) is 35.4 Å². The number of fused-ring (bicyclic) bond motifs is 1. The summed E-state index contributed by atoms with van der Waals surface area (Å²) in [5.41, 5.74) is -2.26. The summed E-state index contributed by atoms with van der Waals surface area (Å²) < 4.78 is 119. The Kier molecular flexibility index (Phi) is 8.84. The number of carbonyl (C=O) groups excluding carboxylic acids is 1. The van der Waals surface area contributed by atoms with Gasteiger partial charge in [0.25, 0.3) is 10.0 Å². The van der Waals surface area contributed by atoms with Crippen molar-refractivity contribution >= 4 is 45.4 Å². The molecule has 1 unspecified atom stereocenters. The van der Waals surface area contributed by atoms with Crippen LogP contribution < -0.4 is 9.04 Å². The molecule has 0 amide bonds. The summed E-state index contributed by atoms with van der Waals surface area (Å²) in [6.45, 7) is -0.363. The lowest BCUT2D eigenvalue weighted by Gasteiger charge is -2.35. The number of alkyl halides is 6. The van der Waals surface area contributed by atoms with Crippen LogP contribution in [-0.4, -0.2) is 34.1 Å². The van der Waals surface area contributed by atoms with Gasteiger partial charge in [0, 0.05) is 17.0 Å². The standard InChI is InChI=1S/C28H22ClF6NO5S/c1-40-26(37)13-10-19-16-36(42(38,39)20-5-2-4-18(15-20)27(30,31)32)24-14-17(9-12-25(24)41-19)8-11-21-22(28(33,34)35)6-3-7-23(21)29/h2-9,11-12,14-15,19H,10,13,16H2,1H3/b11-8+. The predicted molar refractivity (Wildman–Crippen MR) is 143 cm³/mol. The fourth-order valence-corrected chi connectivity index (χ4v) is 6.07. The minimum Gasteiger partial charge on any atom is -0.486 e. The Balaban J connectivity index is 1.77. The van der Waals surface area contributed by atoms with E-state index in [1.807, 2.05) is 0 Å². The van der Waals surface area contributed by atoms with Crippen LogP contribution in [0.1, 0.15) is 35.1 Å². The molecule has 224 valence electrons. The Hall–Kier alpha value is -3.71.